The number of benzene rings is 2. The summed E-state index contributed by atoms with van der Waals surface area (Å²) in [5.41, 5.74) is 1.78. The van der Waals surface area contributed by atoms with E-state index in [0.717, 1.165) is 11.6 Å². The molecule has 1 amide bonds. The molecule has 1 aliphatic heterocycles. The molecule has 2 aromatic carbocycles. The van der Waals surface area contributed by atoms with Gasteiger partial charge in [-0.05, 0) is 29.3 Å². The number of nitrogens with zero attached hydrogens (tertiary/aromatic N) is 3. The number of alkyl halides is 3. The molecule has 1 aliphatic rings. The first-order valence-electron chi connectivity index (χ1n) is 10.3. The van der Waals surface area contributed by atoms with E-state index < -0.39 is 11.7 Å². The lowest BCUT2D eigenvalue weighted by molar-refractivity contribution is -0.137. The molecule has 4 nitrogen and oxygen atoms in total. The number of piperazine rings is 1. The maximum Gasteiger partial charge on any atom is 0.416 e. The summed E-state index contributed by atoms with van der Waals surface area (Å²) in [6, 6.07) is 19.1. The number of aromatic nitrogens is 1. The highest BCUT2D eigenvalue weighted by atomic mass is 19.4. The summed E-state index contributed by atoms with van der Waals surface area (Å²) in [5, 5.41) is 0. The minimum absolute atomic E-state index is 0.0142. The van der Waals surface area contributed by atoms with Gasteiger partial charge in [-0.25, -0.2) is 0 Å². The maximum atomic E-state index is 13.1. The standard InChI is InChI=1S/C24H24F3N3O/c25-24(26,27)21-9-4-8-20(16-21)17-28-12-14-29(15-13-28)23(31)22-10-5-11-30(22)18-19-6-2-1-3-7-19/h1-11,16H,12-15,17-18H2. The number of hydrogen-bond donors (Lipinski definition) is 0. The molecule has 1 aromatic heterocycles. The fourth-order valence-electron chi connectivity index (χ4n) is 3.90. The first kappa shape index (κ1) is 21.2. The molecule has 0 unspecified atom stereocenters. The number of hydrogen-bond acceptors (Lipinski definition) is 2. The molecular formula is C24H24F3N3O. The van der Waals surface area contributed by atoms with Crippen molar-refractivity contribution in [1.82, 2.24) is 14.4 Å². The Morgan fingerprint density at radius 2 is 1.52 bits per heavy atom. The monoisotopic (exact) mass is 427 g/mol. The molecule has 0 N–H and O–H groups in total. The average molecular weight is 427 g/mol. The van der Waals surface area contributed by atoms with Crippen LogP contribution in [-0.4, -0.2) is 46.5 Å². The van der Waals surface area contributed by atoms with Gasteiger partial charge < -0.3 is 9.47 Å². The summed E-state index contributed by atoms with van der Waals surface area (Å²) in [5.74, 6) is -0.0142. The molecule has 1 saturated heterocycles. The van der Waals surface area contributed by atoms with E-state index in [1.165, 1.54) is 12.1 Å². The van der Waals surface area contributed by atoms with Gasteiger partial charge in [0.1, 0.15) is 5.69 Å². The molecule has 0 saturated carbocycles. The Labute approximate surface area is 179 Å². The van der Waals surface area contributed by atoms with Crippen LogP contribution < -0.4 is 0 Å². The van der Waals surface area contributed by atoms with Gasteiger partial charge in [0.2, 0.25) is 0 Å². The number of amides is 1. The number of halogens is 3. The van der Waals surface area contributed by atoms with Crippen LogP contribution in [0.15, 0.2) is 72.9 Å². The second kappa shape index (κ2) is 8.98. The van der Waals surface area contributed by atoms with Gasteiger partial charge in [0.05, 0.1) is 5.56 Å². The van der Waals surface area contributed by atoms with Gasteiger partial charge in [0, 0.05) is 45.5 Å². The minimum Gasteiger partial charge on any atom is -0.339 e. The molecule has 2 heterocycles. The summed E-state index contributed by atoms with van der Waals surface area (Å²) >= 11 is 0. The van der Waals surface area contributed by atoms with E-state index in [2.05, 4.69) is 4.90 Å². The third kappa shape index (κ3) is 5.17. The van der Waals surface area contributed by atoms with Gasteiger partial charge in [-0.2, -0.15) is 13.2 Å². The highest BCUT2D eigenvalue weighted by Crippen LogP contribution is 2.29. The Morgan fingerprint density at radius 3 is 2.23 bits per heavy atom. The lowest BCUT2D eigenvalue weighted by Crippen LogP contribution is -2.48. The Hall–Kier alpha value is -3.06. The smallest absolute Gasteiger partial charge is 0.339 e. The molecule has 4 rings (SSSR count). The summed E-state index contributed by atoms with van der Waals surface area (Å²) in [6.45, 7) is 3.42. The Bertz CT molecular complexity index is 1020. The SMILES string of the molecule is O=C(c1cccn1Cc1ccccc1)N1CCN(Cc2cccc(C(F)(F)F)c2)CC1. The zero-order valence-electron chi connectivity index (χ0n) is 17.1. The molecule has 7 heteroatoms. The lowest BCUT2D eigenvalue weighted by Gasteiger charge is -2.35. The number of rotatable bonds is 5. The zero-order valence-corrected chi connectivity index (χ0v) is 17.1. The molecular weight excluding hydrogens is 403 g/mol. The van der Waals surface area contributed by atoms with Gasteiger partial charge in [-0.1, -0.05) is 48.5 Å². The Kier molecular flexibility index (Phi) is 6.13. The molecule has 3 aromatic rings. The highest BCUT2D eigenvalue weighted by molar-refractivity contribution is 5.92. The van der Waals surface area contributed by atoms with Crippen LogP contribution >= 0.6 is 0 Å². The molecule has 31 heavy (non-hydrogen) atoms. The van der Waals surface area contributed by atoms with E-state index in [4.69, 9.17) is 0 Å². The van der Waals surface area contributed by atoms with Crippen LogP contribution in [0.5, 0.6) is 0 Å². The molecule has 0 bridgehead atoms. The highest BCUT2D eigenvalue weighted by Gasteiger charge is 2.30. The normalized spacial score (nSPS) is 15.3. The van der Waals surface area contributed by atoms with Gasteiger partial charge in [-0.15, -0.1) is 0 Å². The van der Waals surface area contributed by atoms with E-state index in [1.54, 1.807) is 6.07 Å². The second-order valence-corrected chi connectivity index (χ2v) is 7.77. The van der Waals surface area contributed by atoms with Crippen molar-refractivity contribution in [1.29, 1.82) is 0 Å². The van der Waals surface area contributed by atoms with E-state index in [1.807, 2.05) is 58.1 Å². The van der Waals surface area contributed by atoms with Crippen LogP contribution in [0.4, 0.5) is 13.2 Å². The summed E-state index contributed by atoms with van der Waals surface area (Å²) in [7, 11) is 0. The number of carbonyl (C=O) groups is 1. The fraction of sp³-hybridized carbons (Fsp3) is 0.292. The van der Waals surface area contributed by atoms with Crippen LogP contribution in [0.2, 0.25) is 0 Å². The van der Waals surface area contributed by atoms with Crippen LogP contribution in [0.25, 0.3) is 0 Å². The van der Waals surface area contributed by atoms with Crippen molar-refractivity contribution >= 4 is 5.91 Å². The van der Waals surface area contributed by atoms with E-state index in [9.17, 15) is 18.0 Å². The van der Waals surface area contributed by atoms with Crippen molar-refractivity contribution in [3.63, 3.8) is 0 Å². The summed E-state index contributed by atoms with van der Waals surface area (Å²) in [4.78, 5) is 17.0. The second-order valence-electron chi connectivity index (χ2n) is 7.77. The lowest BCUT2D eigenvalue weighted by atomic mass is 10.1. The quantitative estimate of drug-likeness (QED) is 0.599. The van der Waals surface area contributed by atoms with E-state index >= 15 is 0 Å². The minimum atomic E-state index is -4.34. The first-order valence-corrected chi connectivity index (χ1v) is 10.3. The zero-order chi connectivity index (χ0) is 21.8. The maximum absolute atomic E-state index is 13.1. The molecule has 162 valence electrons. The van der Waals surface area contributed by atoms with Crippen molar-refractivity contribution in [3.05, 3.63) is 95.3 Å². The van der Waals surface area contributed by atoms with Gasteiger partial charge in [0.25, 0.3) is 5.91 Å². The van der Waals surface area contributed by atoms with Crippen molar-refractivity contribution < 1.29 is 18.0 Å². The van der Waals surface area contributed by atoms with Gasteiger partial charge in [-0.3, -0.25) is 9.69 Å². The van der Waals surface area contributed by atoms with E-state index in [0.29, 0.717) is 50.5 Å². The largest absolute Gasteiger partial charge is 0.416 e. The van der Waals surface area contributed by atoms with Gasteiger partial charge in [0.15, 0.2) is 0 Å². The molecule has 0 spiro atoms. The third-order valence-corrected chi connectivity index (χ3v) is 5.56. The van der Waals surface area contributed by atoms with Crippen molar-refractivity contribution in [2.75, 3.05) is 26.2 Å². The first-order chi connectivity index (χ1) is 14.9. The predicted octanol–water partition coefficient (Wildman–Crippen LogP) is 4.51. The van der Waals surface area contributed by atoms with Gasteiger partial charge >= 0.3 is 6.18 Å². The van der Waals surface area contributed by atoms with Crippen molar-refractivity contribution in [3.8, 4) is 0 Å². The predicted molar refractivity (Wildman–Crippen MR) is 113 cm³/mol. The molecule has 1 fully saturated rings. The number of carbonyl (C=O) groups excluding carboxylic acids is 1. The molecule has 0 atom stereocenters. The Morgan fingerprint density at radius 1 is 0.806 bits per heavy atom. The third-order valence-electron chi connectivity index (χ3n) is 5.56. The van der Waals surface area contributed by atoms with Crippen molar-refractivity contribution in [2.45, 2.75) is 19.3 Å². The fourth-order valence-corrected chi connectivity index (χ4v) is 3.90. The molecule has 0 radical (unpaired) electrons. The van der Waals surface area contributed by atoms with E-state index in [-0.39, 0.29) is 5.91 Å². The van der Waals surface area contributed by atoms with Crippen LogP contribution in [0.3, 0.4) is 0 Å². The summed E-state index contributed by atoms with van der Waals surface area (Å²) < 4.78 is 40.7. The topological polar surface area (TPSA) is 28.5 Å². The summed E-state index contributed by atoms with van der Waals surface area (Å²) in [6.07, 6.45) is -2.43. The van der Waals surface area contributed by atoms with Crippen LogP contribution in [0.1, 0.15) is 27.2 Å². The van der Waals surface area contributed by atoms with Crippen molar-refractivity contribution in [2.24, 2.45) is 0 Å². The molecule has 0 aliphatic carbocycles. The Balaban J connectivity index is 1.35. The average Bonchev–Trinajstić information content (AvgIpc) is 3.22. The van der Waals surface area contributed by atoms with Crippen LogP contribution in [-0.2, 0) is 19.3 Å². The van der Waals surface area contributed by atoms with Crippen LogP contribution in [0, 0.1) is 0 Å².